The van der Waals surface area contributed by atoms with Crippen molar-refractivity contribution in [1.29, 1.82) is 0 Å². The fraction of sp³-hybridized carbons (Fsp3) is 0.833. The van der Waals surface area contributed by atoms with E-state index in [0.29, 0.717) is 0 Å². The Morgan fingerprint density at radius 2 is 1.85 bits per heavy atom. The van der Waals surface area contributed by atoms with E-state index >= 15 is 0 Å². The maximum Gasteiger partial charge on any atom is 0.0537 e. The number of hydrogen-bond donors (Lipinski definition) is 1. The Hall–Kier alpha value is -0.300. The quantitative estimate of drug-likeness (QED) is 0.451. The molecule has 1 atom stereocenters. The van der Waals surface area contributed by atoms with Gasteiger partial charge in [0.15, 0.2) is 0 Å². The molecular formula is C12H24O. The molecule has 0 fully saturated rings. The van der Waals surface area contributed by atoms with Gasteiger partial charge in [-0.1, -0.05) is 38.8 Å². The lowest BCUT2D eigenvalue weighted by atomic mass is 10.1. The van der Waals surface area contributed by atoms with Crippen LogP contribution in [0.2, 0.25) is 0 Å². The standard InChI is InChI=1S/C12H24O/c1-3-5-6-7-8-9-10-11-12(13)4-2/h5-6,12-13H,3-4,7-11H2,1-2H3. The highest BCUT2D eigenvalue weighted by molar-refractivity contribution is 4.79. The van der Waals surface area contributed by atoms with E-state index in [1.54, 1.807) is 0 Å². The van der Waals surface area contributed by atoms with Gasteiger partial charge in [0, 0.05) is 0 Å². The molecule has 0 rings (SSSR count). The molecular weight excluding hydrogens is 160 g/mol. The number of allylic oxidation sites excluding steroid dienone is 2. The first-order chi connectivity index (χ1) is 6.31. The van der Waals surface area contributed by atoms with E-state index in [-0.39, 0.29) is 6.10 Å². The molecule has 0 bridgehead atoms. The molecule has 0 saturated heterocycles. The van der Waals surface area contributed by atoms with Crippen molar-refractivity contribution in [2.45, 2.75) is 64.9 Å². The van der Waals surface area contributed by atoms with Gasteiger partial charge in [0.1, 0.15) is 0 Å². The second-order valence-electron chi connectivity index (χ2n) is 3.58. The summed E-state index contributed by atoms with van der Waals surface area (Å²) in [5.41, 5.74) is 0. The molecule has 0 aromatic heterocycles. The number of rotatable bonds is 8. The fourth-order valence-corrected chi connectivity index (χ4v) is 1.31. The van der Waals surface area contributed by atoms with Crippen molar-refractivity contribution in [2.75, 3.05) is 0 Å². The molecule has 1 unspecified atom stereocenters. The van der Waals surface area contributed by atoms with Crippen molar-refractivity contribution >= 4 is 0 Å². The summed E-state index contributed by atoms with van der Waals surface area (Å²) in [6.45, 7) is 4.20. The third-order valence-corrected chi connectivity index (χ3v) is 2.28. The Morgan fingerprint density at radius 3 is 2.46 bits per heavy atom. The van der Waals surface area contributed by atoms with Crippen LogP contribution >= 0.6 is 0 Å². The molecule has 0 spiro atoms. The summed E-state index contributed by atoms with van der Waals surface area (Å²) in [5, 5.41) is 9.28. The van der Waals surface area contributed by atoms with Crippen LogP contribution in [0.5, 0.6) is 0 Å². The zero-order valence-electron chi connectivity index (χ0n) is 9.13. The van der Waals surface area contributed by atoms with Crippen molar-refractivity contribution in [3.05, 3.63) is 12.2 Å². The fourth-order valence-electron chi connectivity index (χ4n) is 1.31. The highest BCUT2D eigenvalue weighted by Gasteiger charge is 1.98. The average Bonchev–Trinajstić information content (AvgIpc) is 2.16. The molecule has 0 aromatic rings. The molecule has 0 aliphatic heterocycles. The minimum Gasteiger partial charge on any atom is -0.393 e. The van der Waals surface area contributed by atoms with Crippen LogP contribution in [0.1, 0.15) is 58.8 Å². The molecule has 0 amide bonds. The van der Waals surface area contributed by atoms with Gasteiger partial charge in [0.05, 0.1) is 6.10 Å². The maximum absolute atomic E-state index is 9.28. The van der Waals surface area contributed by atoms with Crippen LogP contribution in [-0.4, -0.2) is 11.2 Å². The number of aliphatic hydroxyl groups is 1. The van der Waals surface area contributed by atoms with E-state index in [4.69, 9.17) is 0 Å². The van der Waals surface area contributed by atoms with Gasteiger partial charge in [-0.3, -0.25) is 0 Å². The molecule has 13 heavy (non-hydrogen) atoms. The van der Waals surface area contributed by atoms with Gasteiger partial charge in [-0.05, 0) is 32.1 Å². The SMILES string of the molecule is CCC=CCCCCCC(O)CC. The maximum atomic E-state index is 9.28. The van der Waals surface area contributed by atoms with E-state index in [1.165, 1.54) is 25.7 Å². The summed E-state index contributed by atoms with van der Waals surface area (Å²) in [6.07, 6.45) is 12.4. The van der Waals surface area contributed by atoms with Crippen LogP contribution in [0.15, 0.2) is 12.2 Å². The van der Waals surface area contributed by atoms with E-state index in [2.05, 4.69) is 19.1 Å². The van der Waals surface area contributed by atoms with Crippen molar-refractivity contribution < 1.29 is 5.11 Å². The van der Waals surface area contributed by atoms with Crippen LogP contribution in [-0.2, 0) is 0 Å². The lowest BCUT2D eigenvalue weighted by Gasteiger charge is -2.05. The molecule has 0 radical (unpaired) electrons. The summed E-state index contributed by atoms with van der Waals surface area (Å²) in [5.74, 6) is 0. The Kier molecular flexibility index (Phi) is 9.56. The van der Waals surface area contributed by atoms with Gasteiger partial charge in [-0.25, -0.2) is 0 Å². The average molecular weight is 184 g/mol. The summed E-state index contributed by atoms with van der Waals surface area (Å²) in [7, 11) is 0. The highest BCUT2D eigenvalue weighted by Crippen LogP contribution is 2.07. The first-order valence-electron chi connectivity index (χ1n) is 5.64. The monoisotopic (exact) mass is 184 g/mol. The van der Waals surface area contributed by atoms with Crippen LogP contribution in [0.25, 0.3) is 0 Å². The first kappa shape index (κ1) is 12.7. The Labute approximate surface area is 82.9 Å². The molecule has 0 saturated carbocycles. The predicted molar refractivity (Wildman–Crippen MR) is 58.8 cm³/mol. The highest BCUT2D eigenvalue weighted by atomic mass is 16.3. The molecule has 1 nitrogen and oxygen atoms in total. The van der Waals surface area contributed by atoms with Crippen molar-refractivity contribution in [1.82, 2.24) is 0 Å². The summed E-state index contributed by atoms with van der Waals surface area (Å²) in [6, 6.07) is 0. The topological polar surface area (TPSA) is 20.2 Å². The summed E-state index contributed by atoms with van der Waals surface area (Å²) in [4.78, 5) is 0. The third kappa shape index (κ3) is 9.62. The number of unbranched alkanes of at least 4 members (excludes halogenated alkanes) is 3. The summed E-state index contributed by atoms with van der Waals surface area (Å²) < 4.78 is 0. The van der Waals surface area contributed by atoms with Crippen molar-refractivity contribution in [3.63, 3.8) is 0 Å². The van der Waals surface area contributed by atoms with E-state index in [9.17, 15) is 5.11 Å². The zero-order chi connectivity index (χ0) is 9.94. The Balaban J connectivity index is 3.03. The smallest absolute Gasteiger partial charge is 0.0537 e. The van der Waals surface area contributed by atoms with E-state index in [0.717, 1.165) is 19.3 Å². The largest absolute Gasteiger partial charge is 0.393 e. The van der Waals surface area contributed by atoms with E-state index in [1.807, 2.05) is 6.92 Å². The van der Waals surface area contributed by atoms with Gasteiger partial charge in [0.25, 0.3) is 0 Å². The Morgan fingerprint density at radius 1 is 1.08 bits per heavy atom. The molecule has 78 valence electrons. The molecule has 1 heteroatoms. The molecule has 0 aliphatic carbocycles. The van der Waals surface area contributed by atoms with Crippen molar-refractivity contribution in [2.24, 2.45) is 0 Å². The van der Waals surface area contributed by atoms with Gasteiger partial charge in [0.2, 0.25) is 0 Å². The van der Waals surface area contributed by atoms with Gasteiger partial charge in [-0.2, -0.15) is 0 Å². The number of hydrogen-bond acceptors (Lipinski definition) is 1. The van der Waals surface area contributed by atoms with Crippen LogP contribution < -0.4 is 0 Å². The second-order valence-corrected chi connectivity index (χ2v) is 3.58. The molecule has 1 N–H and O–H groups in total. The van der Waals surface area contributed by atoms with Gasteiger partial charge < -0.3 is 5.11 Å². The lowest BCUT2D eigenvalue weighted by Crippen LogP contribution is -2.03. The second kappa shape index (κ2) is 9.79. The minimum atomic E-state index is -0.0637. The zero-order valence-corrected chi connectivity index (χ0v) is 9.13. The van der Waals surface area contributed by atoms with Crippen LogP contribution in [0, 0.1) is 0 Å². The molecule has 0 heterocycles. The van der Waals surface area contributed by atoms with Gasteiger partial charge in [-0.15, -0.1) is 0 Å². The van der Waals surface area contributed by atoms with Crippen molar-refractivity contribution in [3.8, 4) is 0 Å². The minimum absolute atomic E-state index is 0.0637. The normalized spacial score (nSPS) is 13.8. The lowest BCUT2D eigenvalue weighted by molar-refractivity contribution is 0.156. The third-order valence-electron chi connectivity index (χ3n) is 2.28. The molecule has 0 aliphatic rings. The number of aliphatic hydroxyl groups excluding tert-OH is 1. The van der Waals surface area contributed by atoms with Gasteiger partial charge >= 0.3 is 0 Å². The predicted octanol–water partition coefficient (Wildman–Crippen LogP) is 3.67. The summed E-state index contributed by atoms with van der Waals surface area (Å²) >= 11 is 0. The molecule has 0 aromatic carbocycles. The van der Waals surface area contributed by atoms with E-state index < -0.39 is 0 Å². The first-order valence-corrected chi connectivity index (χ1v) is 5.64. The van der Waals surface area contributed by atoms with Crippen LogP contribution in [0.4, 0.5) is 0 Å². The van der Waals surface area contributed by atoms with Crippen LogP contribution in [0.3, 0.4) is 0 Å². The Bertz CT molecular complexity index is 118.